The number of furan rings is 1. The van der Waals surface area contributed by atoms with Crippen LogP contribution >= 0.6 is 0 Å². The van der Waals surface area contributed by atoms with Gasteiger partial charge in [0.2, 0.25) is 5.88 Å². The van der Waals surface area contributed by atoms with Gasteiger partial charge in [0.25, 0.3) is 0 Å². The number of hydrogen-bond acceptors (Lipinski definition) is 3. The lowest BCUT2D eigenvalue weighted by molar-refractivity contribution is -0.137. The van der Waals surface area contributed by atoms with E-state index >= 15 is 0 Å². The highest BCUT2D eigenvalue weighted by molar-refractivity contribution is 5.81. The van der Waals surface area contributed by atoms with Crippen LogP contribution in [0.25, 0.3) is 11.1 Å². The maximum atomic E-state index is 12.8. The Balaban J connectivity index is 2.55. The normalized spacial score (nSPS) is 11.5. The molecular formula is C16H16F3NO2. The molecule has 0 radical (unpaired) electrons. The van der Waals surface area contributed by atoms with Crippen LogP contribution in [0, 0.1) is 0 Å². The van der Waals surface area contributed by atoms with Crippen LogP contribution in [0.2, 0.25) is 0 Å². The minimum atomic E-state index is -4.45. The topological polar surface area (TPSA) is 45.4 Å². The first-order valence-corrected chi connectivity index (χ1v) is 6.75. The van der Waals surface area contributed by atoms with Crippen LogP contribution in [0.3, 0.4) is 0 Å². The van der Waals surface area contributed by atoms with Crippen LogP contribution in [0.15, 0.2) is 41.3 Å². The second-order valence-electron chi connectivity index (χ2n) is 4.68. The van der Waals surface area contributed by atoms with Crippen LogP contribution < -0.4 is 5.32 Å². The number of rotatable bonds is 5. The second-order valence-corrected chi connectivity index (χ2v) is 4.68. The number of halogens is 3. The molecule has 0 aliphatic heterocycles. The Labute approximate surface area is 126 Å². The van der Waals surface area contributed by atoms with Gasteiger partial charge in [-0.2, -0.15) is 13.2 Å². The molecule has 0 unspecified atom stereocenters. The fourth-order valence-electron chi connectivity index (χ4n) is 2.12. The van der Waals surface area contributed by atoms with E-state index in [1.54, 1.807) is 13.0 Å². The van der Waals surface area contributed by atoms with Crippen molar-refractivity contribution in [3.63, 3.8) is 0 Å². The highest BCUT2D eigenvalue weighted by Crippen LogP contribution is 2.43. The summed E-state index contributed by atoms with van der Waals surface area (Å²) < 4.78 is 44.0. The molecule has 1 aromatic heterocycles. The van der Waals surface area contributed by atoms with E-state index in [2.05, 4.69) is 11.9 Å². The van der Waals surface area contributed by atoms with Gasteiger partial charge in [0.1, 0.15) is 5.76 Å². The van der Waals surface area contributed by atoms with Crippen molar-refractivity contribution >= 4 is 5.88 Å². The molecule has 0 saturated carbocycles. The fraction of sp³-hybridized carbons (Fsp3) is 0.250. The minimum Gasteiger partial charge on any atom is -0.504 e. The second kappa shape index (κ2) is 6.17. The molecule has 2 rings (SSSR count). The van der Waals surface area contributed by atoms with Crippen molar-refractivity contribution in [2.75, 3.05) is 11.9 Å². The van der Waals surface area contributed by atoms with Gasteiger partial charge in [-0.1, -0.05) is 25.1 Å². The molecule has 118 valence electrons. The molecule has 1 heterocycles. The summed E-state index contributed by atoms with van der Waals surface area (Å²) >= 11 is 0. The summed E-state index contributed by atoms with van der Waals surface area (Å²) in [6.07, 6.45) is -2.44. The lowest BCUT2D eigenvalue weighted by Gasteiger charge is -2.09. The molecule has 0 atom stereocenters. The van der Waals surface area contributed by atoms with Crippen LogP contribution in [-0.2, 0) is 12.6 Å². The molecule has 2 aromatic rings. The first kappa shape index (κ1) is 16.0. The molecule has 0 saturated heterocycles. The third kappa shape index (κ3) is 3.10. The zero-order valence-electron chi connectivity index (χ0n) is 12.0. The lowest BCUT2D eigenvalue weighted by Crippen LogP contribution is -2.04. The SMILES string of the molecule is C=CCNc1oc(CC)c(O)c1-c1cccc(C(F)(F)F)c1. The Hall–Kier alpha value is -2.37. The molecular weight excluding hydrogens is 295 g/mol. The van der Waals surface area contributed by atoms with Gasteiger partial charge in [0.15, 0.2) is 5.75 Å². The molecule has 0 aliphatic carbocycles. The van der Waals surface area contributed by atoms with Crippen LogP contribution in [0.1, 0.15) is 18.2 Å². The van der Waals surface area contributed by atoms with Crippen LogP contribution in [-0.4, -0.2) is 11.7 Å². The summed E-state index contributed by atoms with van der Waals surface area (Å²) in [6.45, 7) is 5.71. The van der Waals surface area contributed by atoms with Crippen LogP contribution in [0.4, 0.5) is 19.1 Å². The van der Waals surface area contributed by atoms with E-state index in [1.807, 2.05) is 0 Å². The average molecular weight is 311 g/mol. The van der Waals surface area contributed by atoms with Gasteiger partial charge < -0.3 is 14.8 Å². The zero-order chi connectivity index (χ0) is 16.3. The van der Waals surface area contributed by atoms with Gasteiger partial charge in [-0.15, -0.1) is 6.58 Å². The third-order valence-electron chi connectivity index (χ3n) is 3.16. The van der Waals surface area contributed by atoms with E-state index in [0.29, 0.717) is 18.7 Å². The van der Waals surface area contributed by atoms with E-state index in [1.165, 1.54) is 12.1 Å². The standard InChI is InChI=1S/C16H16F3NO2/c1-3-8-20-15-13(14(21)12(4-2)22-15)10-6-5-7-11(9-10)16(17,18)19/h3,5-7,9,20-21H,1,4,8H2,2H3. The van der Waals surface area contributed by atoms with Crippen molar-refractivity contribution < 1.29 is 22.7 Å². The molecule has 1 aromatic carbocycles. The monoisotopic (exact) mass is 311 g/mol. The summed E-state index contributed by atoms with van der Waals surface area (Å²) in [7, 11) is 0. The molecule has 0 aliphatic rings. The predicted octanol–water partition coefficient (Wildman–Crippen LogP) is 4.83. The maximum absolute atomic E-state index is 12.8. The molecule has 2 N–H and O–H groups in total. The number of aryl methyl sites for hydroxylation is 1. The largest absolute Gasteiger partial charge is 0.504 e. The maximum Gasteiger partial charge on any atom is 0.416 e. The van der Waals surface area contributed by atoms with Gasteiger partial charge in [-0.3, -0.25) is 0 Å². The molecule has 0 bridgehead atoms. The predicted molar refractivity (Wildman–Crippen MR) is 78.9 cm³/mol. The number of aromatic hydroxyl groups is 1. The molecule has 22 heavy (non-hydrogen) atoms. The first-order chi connectivity index (χ1) is 10.4. The Kier molecular flexibility index (Phi) is 4.49. The van der Waals surface area contributed by atoms with Crippen LogP contribution in [0.5, 0.6) is 5.75 Å². The molecule has 0 spiro atoms. The Morgan fingerprint density at radius 3 is 2.68 bits per heavy atom. The summed E-state index contributed by atoms with van der Waals surface area (Å²) in [5.74, 6) is 0.404. The van der Waals surface area contributed by atoms with E-state index < -0.39 is 11.7 Å². The Morgan fingerprint density at radius 1 is 1.36 bits per heavy atom. The summed E-state index contributed by atoms with van der Waals surface area (Å²) in [4.78, 5) is 0. The van der Waals surface area contributed by atoms with E-state index in [-0.39, 0.29) is 22.8 Å². The highest BCUT2D eigenvalue weighted by atomic mass is 19.4. The smallest absolute Gasteiger partial charge is 0.416 e. The highest BCUT2D eigenvalue weighted by Gasteiger charge is 2.31. The zero-order valence-corrected chi connectivity index (χ0v) is 12.0. The molecule has 0 amide bonds. The average Bonchev–Trinajstić information content (AvgIpc) is 2.80. The third-order valence-corrected chi connectivity index (χ3v) is 3.16. The van der Waals surface area contributed by atoms with Crippen molar-refractivity contribution in [1.29, 1.82) is 0 Å². The van der Waals surface area contributed by atoms with E-state index in [4.69, 9.17) is 4.42 Å². The van der Waals surface area contributed by atoms with Gasteiger partial charge in [-0.05, 0) is 17.7 Å². The van der Waals surface area contributed by atoms with Gasteiger partial charge in [-0.25, -0.2) is 0 Å². The van der Waals surface area contributed by atoms with Gasteiger partial charge in [0, 0.05) is 13.0 Å². The van der Waals surface area contributed by atoms with Gasteiger partial charge >= 0.3 is 6.18 Å². The summed E-state index contributed by atoms with van der Waals surface area (Å²) in [6, 6.07) is 4.77. The van der Waals surface area contributed by atoms with Crippen molar-refractivity contribution in [3.8, 4) is 16.9 Å². The number of anilines is 1. The van der Waals surface area contributed by atoms with Gasteiger partial charge in [0.05, 0.1) is 11.1 Å². The van der Waals surface area contributed by atoms with Crippen molar-refractivity contribution in [3.05, 3.63) is 48.2 Å². The number of benzene rings is 1. The van der Waals surface area contributed by atoms with E-state index in [0.717, 1.165) is 12.1 Å². The number of alkyl halides is 3. The lowest BCUT2D eigenvalue weighted by atomic mass is 10.0. The Morgan fingerprint density at radius 2 is 2.09 bits per heavy atom. The number of hydrogen-bond donors (Lipinski definition) is 2. The molecule has 3 nitrogen and oxygen atoms in total. The first-order valence-electron chi connectivity index (χ1n) is 6.75. The summed E-state index contributed by atoms with van der Waals surface area (Å²) in [5, 5.41) is 13.1. The van der Waals surface area contributed by atoms with E-state index in [9.17, 15) is 18.3 Å². The fourth-order valence-corrected chi connectivity index (χ4v) is 2.12. The minimum absolute atomic E-state index is 0.145. The quantitative estimate of drug-likeness (QED) is 0.777. The Bertz CT molecular complexity index is 675. The number of nitrogens with one attached hydrogen (secondary N) is 1. The van der Waals surface area contributed by atoms with Crippen molar-refractivity contribution in [1.82, 2.24) is 0 Å². The molecule has 6 heteroatoms. The van der Waals surface area contributed by atoms with Crippen molar-refractivity contribution in [2.45, 2.75) is 19.5 Å². The summed E-state index contributed by atoms with van der Waals surface area (Å²) in [5.41, 5.74) is -0.314. The van der Waals surface area contributed by atoms with Crippen molar-refractivity contribution in [2.24, 2.45) is 0 Å². The molecule has 0 fully saturated rings.